The second-order valence-corrected chi connectivity index (χ2v) is 7.65. The highest BCUT2D eigenvalue weighted by atomic mass is 35.5. The minimum atomic E-state index is -0.909. The largest absolute Gasteiger partial charge is 0.478 e. The number of aromatic nitrogens is 1. The molecule has 28 heavy (non-hydrogen) atoms. The van der Waals surface area contributed by atoms with Crippen LogP contribution in [0, 0.1) is 13.8 Å². The number of carbonyl (C=O) groups is 1. The van der Waals surface area contributed by atoms with E-state index in [-0.39, 0.29) is 0 Å². The Labute approximate surface area is 174 Å². The maximum Gasteiger partial charge on any atom is 0.337 e. The van der Waals surface area contributed by atoms with E-state index in [4.69, 9.17) is 23.2 Å². The molecule has 2 aromatic carbocycles. The van der Waals surface area contributed by atoms with E-state index in [2.05, 4.69) is 5.32 Å². The van der Waals surface area contributed by atoms with E-state index in [1.807, 2.05) is 66.9 Å². The summed E-state index contributed by atoms with van der Waals surface area (Å²) in [6, 6.07) is 15.2. The van der Waals surface area contributed by atoms with Gasteiger partial charge in [-0.15, -0.1) is 0 Å². The van der Waals surface area contributed by atoms with Crippen LogP contribution in [0.1, 0.15) is 38.4 Å². The van der Waals surface area contributed by atoms with Gasteiger partial charge in [-0.2, -0.15) is 0 Å². The number of hydrogen-bond acceptors (Lipinski definition) is 2. The first kappa shape index (κ1) is 20.5. The lowest BCUT2D eigenvalue weighted by molar-refractivity contribution is 0.0694. The first-order valence-corrected chi connectivity index (χ1v) is 9.74. The molecular weight excluding hydrogens is 395 g/mol. The van der Waals surface area contributed by atoms with Crippen molar-refractivity contribution in [1.29, 1.82) is 0 Å². The molecule has 0 aliphatic heterocycles. The molecule has 0 atom stereocenters. The van der Waals surface area contributed by atoms with Crippen molar-refractivity contribution in [2.45, 2.75) is 33.5 Å². The van der Waals surface area contributed by atoms with Crippen molar-refractivity contribution < 1.29 is 9.90 Å². The summed E-state index contributed by atoms with van der Waals surface area (Å²) in [5.41, 5.74) is 4.98. The second-order valence-electron chi connectivity index (χ2n) is 6.78. The standard InChI is InChI=1S/C22H22Cl2N2O2/c1-14-20(12-25-11-16-6-8-18(23)9-7-16)21(22(27)28)15(2)26(14)13-17-4-3-5-19(24)10-17/h3-10,25H,11-13H2,1-2H3,(H,27,28). The van der Waals surface area contributed by atoms with Crippen LogP contribution in [-0.4, -0.2) is 15.6 Å². The fraction of sp³-hybridized carbons (Fsp3) is 0.227. The van der Waals surface area contributed by atoms with E-state index >= 15 is 0 Å². The zero-order valence-corrected chi connectivity index (χ0v) is 17.3. The molecule has 0 spiro atoms. The predicted molar refractivity (Wildman–Crippen MR) is 113 cm³/mol. The Kier molecular flexibility index (Phi) is 6.45. The average Bonchev–Trinajstić information content (AvgIpc) is 2.88. The quantitative estimate of drug-likeness (QED) is 0.538. The second kappa shape index (κ2) is 8.82. The van der Waals surface area contributed by atoms with Gasteiger partial charge in [0.1, 0.15) is 0 Å². The molecule has 0 saturated heterocycles. The zero-order chi connectivity index (χ0) is 20.3. The third-order valence-electron chi connectivity index (χ3n) is 4.90. The number of nitrogens with zero attached hydrogens (tertiary/aromatic N) is 1. The highest BCUT2D eigenvalue weighted by molar-refractivity contribution is 6.30. The molecule has 146 valence electrons. The van der Waals surface area contributed by atoms with Crippen molar-refractivity contribution in [3.05, 3.63) is 92.2 Å². The van der Waals surface area contributed by atoms with E-state index in [1.54, 1.807) is 0 Å². The first-order chi connectivity index (χ1) is 13.4. The summed E-state index contributed by atoms with van der Waals surface area (Å²) >= 11 is 12.0. The molecule has 2 N–H and O–H groups in total. The first-order valence-electron chi connectivity index (χ1n) is 8.98. The number of benzene rings is 2. The van der Waals surface area contributed by atoms with Gasteiger partial charge in [-0.1, -0.05) is 47.5 Å². The molecule has 3 rings (SSSR count). The Morgan fingerprint density at radius 2 is 1.68 bits per heavy atom. The lowest BCUT2D eigenvalue weighted by Gasteiger charge is -2.11. The molecule has 0 bridgehead atoms. The third kappa shape index (κ3) is 4.58. The number of nitrogens with one attached hydrogen (secondary N) is 1. The molecule has 6 heteroatoms. The molecule has 1 heterocycles. The van der Waals surface area contributed by atoms with Gasteiger partial charge in [0, 0.05) is 46.6 Å². The van der Waals surface area contributed by atoms with Crippen molar-refractivity contribution in [2.24, 2.45) is 0 Å². The summed E-state index contributed by atoms with van der Waals surface area (Å²) in [6.45, 7) is 5.50. The molecule has 4 nitrogen and oxygen atoms in total. The number of rotatable bonds is 7. The number of hydrogen-bond donors (Lipinski definition) is 2. The van der Waals surface area contributed by atoms with Crippen LogP contribution in [0.3, 0.4) is 0 Å². The van der Waals surface area contributed by atoms with Crippen molar-refractivity contribution in [2.75, 3.05) is 0 Å². The van der Waals surface area contributed by atoms with Gasteiger partial charge >= 0.3 is 5.97 Å². The van der Waals surface area contributed by atoms with Crippen LogP contribution in [0.4, 0.5) is 0 Å². The summed E-state index contributed by atoms with van der Waals surface area (Å²) in [7, 11) is 0. The van der Waals surface area contributed by atoms with E-state index in [0.29, 0.717) is 35.2 Å². The van der Waals surface area contributed by atoms with E-state index in [0.717, 1.165) is 28.1 Å². The van der Waals surface area contributed by atoms with Crippen LogP contribution in [0.5, 0.6) is 0 Å². The van der Waals surface area contributed by atoms with Crippen molar-refractivity contribution in [3.8, 4) is 0 Å². The Hall–Kier alpha value is -2.27. The summed E-state index contributed by atoms with van der Waals surface area (Å²) in [5.74, 6) is -0.909. The van der Waals surface area contributed by atoms with Gasteiger partial charge in [0.05, 0.1) is 5.56 Å². The summed E-state index contributed by atoms with van der Waals surface area (Å²) in [4.78, 5) is 11.9. The highest BCUT2D eigenvalue weighted by Crippen LogP contribution is 2.24. The fourth-order valence-electron chi connectivity index (χ4n) is 3.44. The normalized spacial score (nSPS) is 11.0. The van der Waals surface area contributed by atoms with Crippen LogP contribution in [-0.2, 0) is 19.6 Å². The summed E-state index contributed by atoms with van der Waals surface area (Å²) in [5, 5.41) is 14.5. The van der Waals surface area contributed by atoms with Gasteiger partial charge in [-0.3, -0.25) is 0 Å². The number of halogens is 2. The van der Waals surface area contributed by atoms with Gasteiger partial charge < -0.3 is 15.0 Å². The van der Waals surface area contributed by atoms with Crippen molar-refractivity contribution >= 4 is 29.2 Å². The van der Waals surface area contributed by atoms with Crippen LogP contribution < -0.4 is 5.32 Å². The minimum absolute atomic E-state index is 0.364. The molecule has 3 aromatic rings. The summed E-state index contributed by atoms with van der Waals surface area (Å²) < 4.78 is 2.04. The molecule has 1 aromatic heterocycles. The van der Waals surface area contributed by atoms with Gasteiger partial charge in [-0.25, -0.2) is 4.79 Å². The van der Waals surface area contributed by atoms with E-state index < -0.39 is 5.97 Å². The Morgan fingerprint density at radius 1 is 0.964 bits per heavy atom. The maximum absolute atomic E-state index is 11.9. The number of carboxylic acid groups (broad SMARTS) is 1. The summed E-state index contributed by atoms with van der Waals surface area (Å²) in [6.07, 6.45) is 0. The molecule has 0 aliphatic rings. The van der Waals surface area contributed by atoms with Gasteiger partial charge in [0.2, 0.25) is 0 Å². The van der Waals surface area contributed by atoms with E-state index in [9.17, 15) is 9.90 Å². The maximum atomic E-state index is 11.9. The van der Waals surface area contributed by atoms with Gasteiger partial charge in [-0.05, 0) is 49.2 Å². The molecule has 0 fully saturated rings. The number of aromatic carboxylic acids is 1. The van der Waals surface area contributed by atoms with Crippen LogP contribution in [0.15, 0.2) is 48.5 Å². The third-order valence-corrected chi connectivity index (χ3v) is 5.38. The molecule has 0 radical (unpaired) electrons. The minimum Gasteiger partial charge on any atom is -0.478 e. The van der Waals surface area contributed by atoms with Gasteiger partial charge in [0.25, 0.3) is 0 Å². The smallest absolute Gasteiger partial charge is 0.337 e. The fourth-order valence-corrected chi connectivity index (χ4v) is 3.78. The Morgan fingerprint density at radius 3 is 2.32 bits per heavy atom. The highest BCUT2D eigenvalue weighted by Gasteiger charge is 2.22. The van der Waals surface area contributed by atoms with E-state index in [1.165, 1.54) is 0 Å². The predicted octanol–water partition coefficient (Wildman–Crippen LogP) is 5.45. The lowest BCUT2D eigenvalue weighted by Crippen LogP contribution is -2.15. The molecule has 0 amide bonds. The monoisotopic (exact) mass is 416 g/mol. The van der Waals surface area contributed by atoms with Crippen molar-refractivity contribution in [1.82, 2.24) is 9.88 Å². The lowest BCUT2D eigenvalue weighted by atomic mass is 10.1. The molecule has 0 saturated carbocycles. The van der Waals surface area contributed by atoms with Crippen LogP contribution in [0.25, 0.3) is 0 Å². The Balaban J connectivity index is 1.83. The SMILES string of the molecule is Cc1c(CNCc2ccc(Cl)cc2)c(C(=O)O)c(C)n1Cc1cccc(Cl)c1. The number of carboxylic acids is 1. The van der Waals surface area contributed by atoms with Crippen molar-refractivity contribution in [3.63, 3.8) is 0 Å². The zero-order valence-electron chi connectivity index (χ0n) is 15.8. The Bertz CT molecular complexity index is 995. The topological polar surface area (TPSA) is 54.3 Å². The molecule has 0 aliphatic carbocycles. The van der Waals surface area contributed by atoms with Crippen LogP contribution >= 0.6 is 23.2 Å². The molecular formula is C22H22Cl2N2O2. The average molecular weight is 417 g/mol. The van der Waals surface area contributed by atoms with Crippen LogP contribution in [0.2, 0.25) is 10.0 Å². The van der Waals surface area contributed by atoms with Gasteiger partial charge in [0.15, 0.2) is 0 Å². The molecule has 0 unspecified atom stereocenters.